The van der Waals surface area contributed by atoms with Crippen molar-refractivity contribution in [3.63, 3.8) is 0 Å². The molecule has 7 heteroatoms. The Morgan fingerprint density at radius 3 is 2.50 bits per heavy atom. The van der Waals surface area contributed by atoms with Crippen molar-refractivity contribution in [3.05, 3.63) is 33.8 Å². The fraction of sp³-hybridized carbons (Fsp3) is 0.529. The molecule has 0 aliphatic carbocycles. The van der Waals surface area contributed by atoms with Crippen LogP contribution in [0.4, 0.5) is 0 Å². The number of likely N-dealkylation sites (tertiary alicyclic amines) is 1. The molecular formula is C17H20Cl2N2O2S. The van der Waals surface area contributed by atoms with Gasteiger partial charge in [-0.05, 0) is 31.0 Å². The summed E-state index contributed by atoms with van der Waals surface area (Å²) in [6.45, 7) is 4.04. The van der Waals surface area contributed by atoms with Gasteiger partial charge in [-0.25, -0.2) is 0 Å². The van der Waals surface area contributed by atoms with Crippen LogP contribution in [0.3, 0.4) is 0 Å². The van der Waals surface area contributed by atoms with E-state index < -0.39 is 0 Å². The van der Waals surface area contributed by atoms with Crippen molar-refractivity contribution in [1.82, 2.24) is 9.80 Å². The molecule has 1 spiro atoms. The summed E-state index contributed by atoms with van der Waals surface area (Å²) in [6, 6.07) is 5.02. The van der Waals surface area contributed by atoms with E-state index in [1.165, 1.54) is 0 Å². The Morgan fingerprint density at radius 2 is 1.88 bits per heavy atom. The van der Waals surface area contributed by atoms with Gasteiger partial charge in [0.05, 0.1) is 14.9 Å². The quantitative estimate of drug-likeness (QED) is 0.773. The number of thioether (sulfide) groups is 1. The molecule has 0 saturated carbocycles. The van der Waals surface area contributed by atoms with Crippen molar-refractivity contribution in [3.8, 4) is 0 Å². The molecule has 4 nitrogen and oxygen atoms in total. The third-order valence-corrected chi connectivity index (χ3v) is 7.08. The van der Waals surface area contributed by atoms with E-state index in [2.05, 4.69) is 0 Å². The zero-order chi connectivity index (χ0) is 17.3. The SMILES string of the molecule is CCC(=O)N1CCC2(CC1)SCCN2C(=O)c1ccc(Cl)c(Cl)c1. The molecule has 2 amide bonds. The van der Waals surface area contributed by atoms with Crippen molar-refractivity contribution in [2.24, 2.45) is 0 Å². The minimum absolute atomic E-state index is 0.00571. The third-order valence-electron chi connectivity index (χ3n) is 4.79. The normalized spacial score (nSPS) is 19.8. The molecule has 0 unspecified atom stereocenters. The fourth-order valence-corrected chi connectivity index (χ4v) is 5.18. The highest BCUT2D eigenvalue weighted by Crippen LogP contribution is 2.44. The molecule has 2 saturated heterocycles. The molecule has 2 fully saturated rings. The van der Waals surface area contributed by atoms with Crippen LogP contribution >= 0.6 is 35.0 Å². The lowest BCUT2D eigenvalue weighted by Crippen LogP contribution is -2.53. The summed E-state index contributed by atoms with van der Waals surface area (Å²) in [7, 11) is 0. The summed E-state index contributed by atoms with van der Waals surface area (Å²) in [5.74, 6) is 1.11. The summed E-state index contributed by atoms with van der Waals surface area (Å²) in [5.41, 5.74) is 0.568. The highest BCUT2D eigenvalue weighted by atomic mass is 35.5. The van der Waals surface area contributed by atoms with E-state index in [0.717, 1.165) is 25.1 Å². The first-order valence-electron chi connectivity index (χ1n) is 8.15. The van der Waals surface area contributed by atoms with E-state index in [4.69, 9.17) is 23.2 Å². The van der Waals surface area contributed by atoms with Gasteiger partial charge >= 0.3 is 0 Å². The molecule has 2 aliphatic heterocycles. The molecule has 1 aromatic carbocycles. The number of piperidine rings is 1. The predicted octanol–water partition coefficient (Wildman–Crippen LogP) is 3.91. The van der Waals surface area contributed by atoms with Gasteiger partial charge in [-0.15, -0.1) is 11.8 Å². The summed E-state index contributed by atoms with van der Waals surface area (Å²) in [6.07, 6.45) is 2.17. The van der Waals surface area contributed by atoms with Crippen LogP contribution < -0.4 is 0 Å². The van der Waals surface area contributed by atoms with Crippen LogP contribution in [0, 0.1) is 0 Å². The van der Waals surface area contributed by atoms with Gasteiger partial charge in [0.2, 0.25) is 5.91 Å². The van der Waals surface area contributed by atoms with E-state index in [9.17, 15) is 9.59 Å². The topological polar surface area (TPSA) is 40.6 Å². The standard InChI is InChI=1S/C17H20Cl2N2O2S/c1-2-15(22)20-7-5-17(6-8-20)21(9-10-24-17)16(23)12-3-4-13(18)14(19)11-12/h3-4,11H,2,5-10H2,1H3. The molecule has 0 N–H and O–H groups in total. The van der Waals surface area contributed by atoms with Crippen molar-refractivity contribution < 1.29 is 9.59 Å². The highest BCUT2D eigenvalue weighted by molar-refractivity contribution is 8.00. The van der Waals surface area contributed by atoms with E-state index in [0.29, 0.717) is 35.1 Å². The molecule has 3 rings (SSSR count). The highest BCUT2D eigenvalue weighted by Gasteiger charge is 2.46. The molecule has 0 radical (unpaired) electrons. The second-order valence-electron chi connectivity index (χ2n) is 6.11. The van der Waals surface area contributed by atoms with Gasteiger partial charge in [-0.2, -0.15) is 0 Å². The first kappa shape index (κ1) is 17.9. The lowest BCUT2D eigenvalue weighted by molar-refractivity contribution is -0.132. The number of hydrogen-bond acceptors (Lipinski definition) is 3. The van der Waals surface area contributed by atoms with Crippen LogP contribution in [-0.4, -0.2) is 51.9 Å². The summed E-state index contributed by atoms with van der Waals surface area (Å²) >= 11 is 13.8. The maximum Gasteiger partial charge on any atom is 0.255 e. The van der Waals surface area contributed by atoms with Crippen LogP contribution in [0.15, 0.2) is 18.2 Å². The Bertz CT molecular complexity index is 660. The number of carbonyl (C=O) groups is 2. The number of amides is 2. The zero-order valence-electron chi connectivity index (χ0n) is 13.6. The van der Waals surface area contributed by atoms with Gasteiger partial charge in [-0.3, -0.25) is 9.59 Å². The van der Waals surface area contributed by atoms with Crippen LogP contribution in [0.1, 0.15) is 36.5 Å². The molecule has 0 atom stereocenters. The number of halogens is 2. The molecular weight excluding hydrogens is 367 g/mol. The minimum atomic E-state index is -0.201. The van der Waals surface area contributed by atoms with Crippen LogP contribution in [0.2, 0.25) is 10.0 Å². The Balaban J connectivity index is 1.77. The Kier molecular flexibility index (Phi) is 5.33. The lowest BCUT2D eigenvalue weighted by Gasteiger charge is -2.44. The van der Waals surface area contributed by atoms with Crippen molar-refractivity contribution in [2.45, 2.75) is 31.1 Å². The minimum Gasteiger partial charge on any atom is -0.342 e. The van der Waals surface area contributed by atoms with Crippen LogP contribution in [-0.2, 0) is 4.79 Å². The van der Waals surface area contributed by atoms with Crippen LogP contribution in [0.5, 0.6) is 0 Å². The second kappa shape index (κ2) is 7.14. The van der Waals surface area contributed by atoms with Gasteiger partial charge in [-0.1, -0.05) is 30.1 Å². The van der Waals surface area contributed by atoms with Gasteiger partial charge in [0.25, 0.3) is 5.91 Å². The van der Waals surface area contributed by atoms with Crippen molar-refractivity contribution >= 4 is 46.8 Å². The number of nitrogens with zero attached hydrogens (tertiary/aromatic N) is 2. The molecule has 0 bridgehead atoms. The Hall–Kier alpha value is -0.910. The number of rotatable bonds is 2. The average Bonchev–Trinajstić information content (AvgIpc) is 2.99. The number of benzene rings is 1. The fourth-order valence-electron chi connectivity index (χ4n) is 3.42. The summed E-state index contributed by atoms with van der Waals surface area (Å²) in [5, 5.41) is 0.844. The van der Waals surface area contributed by atoms with Gasteiger partial charge < -0.3 is 9.80 Å². The van der Waals surface area contributed by atoms with Gasteiger partial charge in [0.15, 0.2) is 0 Å². The Labute approximate surface area is 156 Å². The third kappa shape index (κ3) is 3.26. The maximum absolute atomic E-state index is 13.0. The lowest BCUT2D eigenvalue weighted by atomic mass is 10.0. The molecule has 0 aromatic heterocycles. The first-order chi connectivity index (χ1) is 11.5. The summed E-state index contributed by atoms with van der Waals surface area (Å²) in [4.78, 5) is 28.5. The van der Waals surface area contributed by atoms with Gasteiger partial charge in [0, 0.05) is 37.4 Å². The van der Waals surface area contributed by atoms with E-state index in [-0.39, 0.29) is 16.7 Å². The molecule has 130 valence electrons. The van der Waals surface area contributed by atoms with Crippen molar-refractivity contribution in [2.75, 3.05) is 25.4 Å². The van der Waals surface area contributed by atoms with E-state index in [1.54, 1.807) is 18.2 Å². The number of carbonyl (C=O) groups excluding carboxylic acids is 2. The average molecular weight is 387 g/mol. The monoisotopic (exact) mass is 386 g/mol. The second-order valence-corrected chi connectivity index (χ2v) is 8.39. The molecule has 2 aliphatic rings. The van der Waals surface area contributed by atoms with Crippen molar-refractivity contribution in [1.29, 1.82) is 0 Å². The van der Waals surface area contributed by atoms with Gasteiger partial charge in [0.1, 0.15) is 0 Å². The first-order valence-corrected chi connectivity index (χ1v) is 9.90. The zero-order valence-corrected chi connectivity index (χ0v) is 15.9. The predicted molar refractivity (Wildman–Crippen MR) is 98.8 cm³/mol. The summed E-state index contributed by atoms with van der Waals surface area (Å²) < 4.78 is 0. The Morgan fingerprint density at radius 1 is 1.17 bits per heavy atom. The molecule has 24 heavy (non-hydrogen) atoms. The largest absolute Gasteiger partial charge is 0.342 e. The molecule has 2 heterocycles. The van der Waals surface area contributed by atoms with E-state index in [1.807, 2.05) is 28.5 Å². The number of hydrogen-bond donors (Lipinski definition) is 0. The maximum atomic E-state index is 13.0. The smallest absolute Gasteiger partial charge is 0.255 e. The van der Waals surface area contributed by atoms with Crippen LogP contribution in [0.25, 0.3) is 0 Å². The van der Waals surface area contributed by atoms with E-state index >= 15 is 0 Å². The molecule has 1 aromatic rings.